The summed E-state index contributed by atoms with van der Waals surface area (Å²) in [7, 11) is 0. The highest BCUT2D eigenvalue weighted by atomic mass is 16.5. The van der Waals surface area contributed by atoms with Gasteiger partial charge in [0, 0.05) is 13.1 Å². The van der Waals surface area contributed by atoms with Crippen LogP contribution in [0.3, 0.4) is 0 Å². The summed E-state index contributed by atoms with van der Waals surface area (Å²) in [4.78, 5) is 13.6. The van der Waals surface area contributed by atoms with E-state index in [0.29, 0.717) is 0 Å². The van der Waals surface area contributed by atoms with Crippen molar-refractivity contribution < 1.29 is 9.53 Å². The van der Waals surface area contributed by atoms with Crippen LogP contribution in [-0.4, -0.2) is 30.5 Å². The van der Waals surface area contributed by atoms with Gasteiger partial charge in [0.15, 0.2) is 6.61 Å². The molecule has 1 saturated heterocycles. The molecule has 0 aliphatic carbocycles. The van der Waals surface area contributed by atoms with Gasteiger partial charge in [-0.2, -0.15) is 0 Å². The molecule has 0 atom stereocenters. The summed E-state index contributed by atoms with van der Waals surface area (Å²) in [5.74, 6) is 0.858. The van der Waals surface area contributed by atoms with Gasteiger partial charge in [0.25, 0.3) is 5.91 Å². The number of amides is 1. The predicted molar refractivity (Wildman–Crippen MR) is 62.5 cm³/mol. The predicted octanol–water partition coefficient (Wildman–Crippen LogP) is 2.00. The van der Waals surface area contributed by atoms with Gasteiger partial charge in [-0.1, -0.05) is 17.7 Å². The molecule has 1 fully saturated rings. The second-order valence-corrected chi connectivity index (χ2v) is 4.19. The number of carbonyl (C=O) groups excluding carboxylic acids is 1. The molecule has 3 nitrogen and oxygen atoms in total. The van der Waals surface area contributed by atoms with Crippen LogP contribution in [0.1, 0.15) is 18.4 Å². The van der Waals surface area contributed by atoms with E-state index in [1.165, 1.54) is 5.56 Å². The molecular weight excluding hydrogens is 202 g/mol. The summed E-state index contributed by atoms with van der Waals surface area (Å²) in [5, 5.41) is 0. The monoisotopic (exact) mass is 219 g/mol. The van der Waals surface area contributed by atoms with Crippen LogP contribution in [0, 0.1) is 6.92 Å². The van der Waals surface area contributed by atoms with Gasteiger partial charge in [-0.05, 0) is 31.9 Å². The Morgan fingerprint density at radius 3 is 2.50 bits per heavy atom. The standard InChI is InChI=1S/C13H17NO2/c1-11-4-6-12(7-5-11)16-10-13(15)14-8-2-3-9-14/h4-7H,2-3,8-10H2,1H3. The van der Waals surface area contributed by atoms with E-state index in [1.54, 1.807) is 0 Å². The zero-order chi connectivity index (χ0) is 11.4. The average molecular weight is 219 g/mol. The number of hydrogen-bond donors (Lipinski definition) is 0. The second kappa shape index (κ2) is 5.01. The number of hydrogen-bond acceptors (Lipinski definition) is 2. The van der Waals surface area contributed by atoms with E-state index in [4.69, 9.17) is 4.74 Å². The number of nitrogens with zero attached hydrogens (tertiary/aromatic N) is 1. The van der Waals surface area contributed by atoms with Gasteiger partial charge in [0.2, 0.25) is 0 Å². The highest BCUT2D eigenvalue weighted by Gasteiger charge is 2.17. The molecule has 16 heavy (non-hydrogen) atoms. The van der Waals surface area contributed by atoms with Gasteiger partial charge in [0.1, 0.15) is 5.75 Å². The Bertz CT molecular complexity index is 353. The second-order valence-electron chi connectivity index (χ2n) is 4.19. The Morgan fingerprint density at radius 2 is 1.88 bits per heavy atom. The third-order valence-corrected chi connectivity index (χ3v) is 2.84. The minimum atomic E-state index is 0.0954. The molecule has 0 aromatic heterocycles. The first-order valence-electron chi connectivity index (χ1n) is 5.73. The number of rotatable bonds is 3. The van der Waals surface area contributed by atoms with E-state index in [-0.39, 0.29) is 12.5 Å². The molecule has 0 saturated carbocycles. The molecule has 86 valence electrons. The Balaban J connectivity index is 1.82. The van der Waals surface area contributed by atoms with Crippen molar-refractivity contribution in [3.63, 3.8) is 0 Å². The van der Waals surface area contributed by atoms with Crippen molar-refractivity contribution in [2.45, 2.75) is 19.8 Å². The molecule has 3 heteroatoms. The summed E-state index contributed by atoms with van der Waals surface area (Å²) in [6.45, 7) is 3.95. The van der Waals surface area contributed by atoms with Crippen LogP contribution in [0.2, 0.25) is 0 Å². The first kappa shape index (κ1) is 11.0. The molecule has 1 amide bonds. The molecular formula is C13H17NO2. The van der Waals surface area contributed by atoms with Crippen molar-refractivity contribution in [3.8, 4) is 5.75 Å². The highest BCUT2D eigenvalue weighted by Crippen LogP contribution is 2.12. The van der Waals surface area contributed by atoms with Crippen LogP contribution in [0.5, 0.6) is 5.75 Å². The maximum atomic E-state index is 11.7. The van der Waals surface area contributed by atoms with Crippen LogP contribution in [0.25, 0.3) is 0 Å². The topological polar surface area (TPSA) is 29.5 Å². The maximum Gasteiger partial charge on any atom is 0.260 e. The number of likely N-dealkylation sites (tertiary alicyclic amines) is 1. The van der Waals surface area contributed by atoms with Crippen molar-refractivity contribution in [2.75, 3.05) is 19.7 Å². The van der Waals surface area contributed by atoms with Gasteiger partial charge >= 0.3 is 0 Å². The fourth-order valence-corrected chi connectivity index (χ4v) is 1.84. The molecule has 1 aromatic rings. The third kappa shape index (κ3) is 2.75. The van der Waals surface area contributed by atoms with Gasteiger partial charge in [-0.15, -0.1) is 0 Å². The lowest BCUT2D eigenvalue weighted by molar-refractivity contribution is -0.132. The van der Waals surface area contributed by atoms with E-state index in [1.807, 2.05) is 36.1 Å². The van der Waals surface area contributed by atoms with Crippen molar-refractivity contribution >= 4 is 5.91 Å². The number of benzene rings is 1. The van der Waals surface area contributed by atoms with Crippen molar-refractivity contribution in [1.29, 1.82) is 0 Å². The van der Waals surface area contributed by atoms with E-state index in [2.05, 4.69) is 0 Å². The first-order chi connectivity index (χ1) is 7.75. The lowest BCUT2D eigenvalue weighted by atomic mass is 10.2. The minimum absolute atomic E-state index is 0.0954. The molecule has 1 aliphatic rings. The molecule has 0 spiro atoms. The quantitative estimate of drug-likeness (QED) is 0.778. The maximum absolute atomic E-state index is 11.7. The Hall–Kier alpha value is -1.51. The summed E-state index contributed by atoms with van der Waals surface area (Å²) < 4.78 is 5.44. The third-order valence-electron chi connectivity index (χ3n) is 2.84. The van der Waals surface area contributed by atoms with E-state index < -0.39 is 0 Å². The van der Waals surface area contributed by atoms with E-state index in [0.717, 1.165) is 31.7 Å². The smallest absolute Gasteiger partial charge is 0.260 e. The lowest BCUT2D eigenvalue weighted by Crippen LogP contribution is -2.32. The van der Waals surface area contributed by atoms with Crippen molar-refractivity contribution in [2.24, 2.45) is 0 Å². The number of carbonyl (C=O) groups is 1. The minimum Gasteiger partial charge on any atom is -0.484 e. The van der Waals surface area contributed by atoms with E-state index >= 15 is 0 Å². The van der Waals surface area contributed by atoms with Crippen LogP contribution >= 0.6 is 0 Å². The van der Waals surface area contributed by atoms with Crippen LogP contribution in [-0.2, 0) is 4.79 Å². The number of ether oxygens (including phenoxy) is 1. The average Bonchev–Trinajstić information content (AvgIpc) is 2.81. The Kier molecular flexibility index (Phi) is 3.44. The van der Waals surface area contributed by atoms with Gasteiger partial charge in [-0.3, -0.25) is 4.79 Å². The van der Waals surface area contributed by atoms with Crippen LogP contribution in [0.4, 0.5) is 0 Å². The summed E-state index contributed by atoms with van der Waals surface area (Å²) >= 11 is 0. The van der Waals surface area contributed by atoms with Gasteiger partial charge in [0.05, 0.1) is 0 Å². The van der Waals surface area contributed by atoms with Crippen molar-refractivity contribution in [3.05, 3.63) is 29.8 Å². The largest absolute Gasteiger partial charge is 0.484 e. The number of aryl methyl sites for hydroxylation is 1. The molecule has 0 unspecified atom stereocenters. The zero-order valence-electron chi connectivity index (χ0n) is 9.61. The summed E-state index contributed by atoms with van der Waals surface area (Å²) in [6.07, 6.45) is 2.24. The molecule has 1 heterocycles. The fraction of sp³-hybridized carbons (Fsp3) is 0.462. The van der Waals surface area contributed by atoms with Gasteiger partial charge in [-0.25, -0.2) is 0 Å². The van der Waals surface area contributed by atoms with Crippen LogP contribution < -0.4 is 4.74 Å². The fourth-order valence-electron chi connectivity index (χ4n) is 1.84. The van der Waals surface area contributed by atoms with Crippen LogP contribution in [0.15, 0.2) is 24.3 Å². The Labute approximate surface area is 96.0 Å². The molecule has 0 bridgehead atoms. The normalized spacial score (nSPS) is 15.2. The molecule has 2 rings (SSSR count). The summed E-state index contributed by atoms with van der Waals surface area (Å²) in [6, 6.07) is 7.75. The lowest BCUT2D eigenvalue weighted by Gasteiger charge is -2.15. The molecule has 0 N–H and O–H groups in total. The highest BCUT2D eigenvalue weighted by molar-refractivity contribution is 5.78. The van der Waals surface area contributed by atoms with Crippen molar-refractivity contribution in [1.82, 2.24) is 4.90 Å². The Morgan fingerprint density at radius 1 is 1.25 bits per heavy atom. The molecule has 1 aromatic carbocycles. The molecule has 0 radical (unpaired) electrons. The van der Waals surface area contributed by atoms with E-state index in [9.17, 15) is 4.79 Å². The first-order valence-corrected chi connectivity index (χ1v) is 5.73. The molecule has 1 aliphatic heterocycles. The SMILES string of the molecule is Cc1ccc(OCC(=O)N2CCCC2)cc1. The zero-order valence-corrected chi connectivity index (χ0v) is 9.61. The summed E-state index contributed by atoms with van der Waals surface area (Å²) in [5.41, 5.74) is 1.19. The van der Waals surface area contributed by atoms with Gasteiger partial charge < -0.3 is 9.64 Å².